The highest BCUT2D eigenvalue weighted by Crippen LogP contribution is 2.17. The Hall–Kier alpha value is -1.39. The molecule has 0 radical (unpaired) electrons. The van der Waals surface area contributed by atoms with Crippen molar-refractivity contribution in [3.05, 3.63) is 29.8 Å². The van der Waals surface area contributed by atoms with Crippen molar-refractivity contribution in [3.8, 4) is 0 Å². The second-order valence-corrected chi connectivity index (χ2v) is 5.17. The third-order valence-corrected chi connectivity index (χ3v) is 3.09. The van der Waals surface area contributed by atoms with E-state index in [-0.39, 0.29) is 5.91 Å². The SMILES string of the molecule is COCCCNCCC(=O)Nc1ccc(C(C)C)cc1. The van der Waals surface area contributed by atoms with Gasteiger partial charge in [-0.25, -0.2) is 0 Å². The number of rotatable bonds is 9. The number of hydrogen-bond acceptors (Lipinski definition) is 3. The van der Waals surface area contributed by atoms with E-state index in [0.29, 0.717) is 18.9 Å². The molecule has 0 bridgehead atoms. The summed E-state index contributed by atoms with van der Waals surface area (Å²) < 4.78 is 4.96. The zero-order valence-electron chi connectivity index (χ0n) is 12.7. The molecule has 112 valence electrons. The third-order valence-electron chi connectivity index (χ3n) is 3.09. The number of amides is 1. The molecule has 1 aromatic carbocycles. The van der Waals surface area contributed by atoms with E-state index in [1.165, 1.54) is 5.56 Å². The number of benzene rings is 1. The summed E-state index contributed by atoms with van der Waals surface area (Å²) in [7, 11) is 1.69. The van der Waals surface area contributed by atoms with Crippen LogP contribution >= 0.6 is 0 Å². The van der Waals surface area contributed by atoms with E-state index in [9.17, 15) is 4.79 Å². The van der Waals surface area contributed by atoms with Gasteiger partial charge >= 0.3 is 0 Å². The van der Waals surface area contributed by atoms with Crippen molar-refractivity contribution in [3.63, 3.8) is 0 Å². The number of carbonyl (C=O) groups is 1. The predicted octanol–water partition coefficient (Wildman–Crippen LogP) is 2.76. The van der Waals surface area contributed by atoms with Gasteiger partial charge in [-0.15, -0.1) is 0 Å². The number of methoxy groups -OCH3 is 1. The van der Waals surface area contributed by atoms with Gasteiger partial charge in [0.2, 0.25) is 5.91 Å². The van der Waals surface area contributed by atoms with E-state index in [4.69, 9.17) is 4.74 Å². The van der Waals surface area contributed by atoms with Crippen molar-refractivity contribution in [1.82, 2.24) is 5.32 Å². The third kappa shape index (κ3) is 6.68. The number of ether oxygens (including phenoxy) is 1. The lowest BCUT2D eigenvalue weighted by atomic mass is 10.0. The van der Waals surface area contributed by atoms with E-state index in [0.717, 1.165) is 25.3 Å². The van der Waals surface area contributed by atoms with Gasteiger partial charge in [-0.1, -0.05) is 26.0 Å². The minimum atomic E-state index is 0.0431. The predicted molar refractivity (Wildman–Crippen MR) is 83.1 cm³/mol. The molecule has 0 aromatic heterocycles. The Morgan fingerprint density at radius 1 is 1.20 bits per heavy atom. The van der Waals surface area contributed by atoms with Gasteiger partial charge in [0.15, 0.2) is 0 Å². The van der Waals surface area contributed by atoms with Gasteiger partial charge in [0.1, 0.15) is 0 Å². The van der Waals surface area contributed by atoms with Crippen molar-refractivity contribution in [2.45, 2.75) is 32.6 Å². The van der Waals surface area contributed by atoms with Gasteiger partial charge in [0, 0.05) is 32.4 Å². The lowest BCUT2D eigenvalue weighted by Crippen LogP contribution is -2.23. The Kier molecular flexibility index (Phi) is 7.92. The molecular weight excluding hydrogens is 252 g/mol. The average molecular weight is 278 g/mol. The minimum Gasteiger partial charge on any atom is -0.385 e. The average Bonchev–Trinajstić information content (AvgIpc) is 2.43. The van der Waals surface area contributed by atoms with Crippen molar-refractivity contribution < 1.29 is 9.53 Å². The van der Waals surface area contributed by atoms with E-state index in [2.05, 4.69) is 36.6 Å². The van der Waals surface area contributed by atoms with Crippen LogP contribution in [0.25, 0.3) is 0 Å². The maximum atomic E-state index is 11.7. The Bertz CT molecular complexity index is 388. The lowest BCUT2D eigenvalue weighted by Gasteiger charge is -2.09. The molecule has 1 amide bonds. The Balaban J connectivity index is 2.21. The Morgan fingerprint density at radius 2 is 1.90 bits per heavy atom. The summed E-state index contributed by atoms with van der Waals surface area (Å²) in [5.41, 5.74) is 2.14. The first-order valence-electron chi connectivity index (χ1n) is 7.23. The molecule has 4 nitrogen and oxygen atoms in total. The first kappa shape index (κ1) is 16.7. The molecule has 0 aliphatic carbocycles. The van der Waals surface area contributed by atoms with Gasteiger partial charge in [0.25, 0.3) is 0 Å². The molecule has 4 heteroatoms. The molecule has 0 unspecified atom stereocenters. The molecule has 20 heavy (non-hydrogen) atoms. The van der Waals surface area contributed by atoms with Gasteiger partial charge in [-0.3, -0.25) is 4.79 Å². The first-order valence-corrected chi connectivity index (χ1v) is 7.23. The zero-order chi connectivity index (χ0) is 14.8. The highest BCUT2D eigenvalue weighted by molar-refractivity contribution is 5.90. The Labute approximate surface area is 121 Å². The van der Waals surface area contributed by atoms with Gasteiger partial charge in [-0.05, 0) is 36.6 Å². The summed E-state index contributed by atoms with van der Waals surface area (Å²) in [5.74, 6) is 0.553. The van der Waals surface area contributed by atoms with Crippen LogP contribution in [0.5, 0.6) is 0 Å². The van der Waals surface area contributed by atoms with Crippen molar-refractivity contribution in [1.29, 1.82) is 0 Å². The van der Waals surface area contributed by atoms with Crippen LogP contribution in [-0.4, -0.2) is 32.7 Å². The molecule has 1 rings (SSSR count). The minimum absolute atomic E-state index is 0.0431. The molecule has 0 atom stereocenters. The zero-order valence-corrected chi connectivity index (χ0v) is 12.7. The molecular formula is C16H26N2O2. The van der Waals surface area contributed by atoms with Gasteiger partial charge in [0.05, 0.1) is 0 Å². The van der Waals surface area contributed by atoms with Crippen molar-refractivity contribution in [2.75, 3.05) is 32.1 Å². The highest BCUT2D eigenvalue weighted by atomic mass is 16.5. The van der Waals surface area contributed by atoms with Gasteiger partial charge in [-0.2, -0.15) is 0 Å². The summed E-state index contributed by atoms with van der Waals surface area (Å²) in [5, 5.41) is 6.13. The summed E-state index contributed by atoms with van der Waals surface area (Å²) >= 11 is 0. The molecule has 0 saturated carbocycles. The van der Waals surface area contributed by atoms with Crippen LogP contribution in [0.2, 0.25) is 0 Å². The number of nitrogens with one attached hydrogen (secondary N) is 2. The Morgan fingerprint density at radius 3 is 2.50 bits per heavy atom. The second-order valence-electron chi connectivity index (χ2n) is 5.17. The van der Waals surface area contributed by atoms with Crippen LogP contribution in [0.3, 0.4) is 0 Å². The van der Waals surface area contributed by atoms with Crippen LogP contribution in [0.1, 0.15) is 38.2 Å². The molecule has 0 heterocycles. The second kappa shape index (κ2) is 9.50. The monoisotopic (exact) mass is 278 g/mol. The summed E-state index contributed by atoms with van der Waals surface area (Å²) in [4.78, 5) is 11.7. The van der Waals surface area contributed by atoms with Crippen molar-refractivity contribution >= 4 is 11.6 Å². The molecule has 0 fully saturated rings. The standard InChI is InChI=1S/C16H26N2O2/c1-13(2)14-5-7-15(8-6-14)18-16(19)9-11-17-10-4-12-20-3/h5-8,13,17H,4,9-12H2,1-3H3,(H,18,19). The maximum absolute atomic E-state index is 11.7. The molecule has 0 saturated heterocycles. The normalized spacial score (nSPS) is 10.8. The van der Waals surface area contributed by atoms with E-state index in [1.54, 1.807) is 7.11 Å². The van der Waals surface area contributed by atoms with E-state index < -0.39 is 0 Å². The fourth-order valence-electron chi connectivity index (χ4n) is 1.84. The lowest BCUT2D eigenvalue weighted by molar-refractivity contribution is -0.116. The fraction of sp³-hybridized carbons (Fsp3) is 0.562. The summed E-state index contributed by atoms with van der Waals surface area (Å²) in [6.07, 6.45) is 1.45. The quantitative estimate of drug-likeness (QED) is 0.683. The van der Waals surface area contributed by atoms with Crippen LogP contribution in [-0.2, 0) is 9.53 Å². The van der Waals surface area contributed by atoms with Gasteiger partial charge < -0.3 is 15.4 Å². The maximum Gasteiger partial charge on any atom is 0.225 e. The number of anilines is 1. The van der Waals surface area contributed by atoms with Crippen LogP contribution in [0.15, 0.2) is 24.3 Å². The number of carbonyl (C=O) groups excluding carboxylic acids is 1. The summed E-state index contributed by atoms with van der Waals surface area (Å²) in [6, 6.07) is 8.03. The highest BCUT2D eigenvalue weighted by Gasteiger charge is 2.03. The summed E-state index contributed by atoms with van der Waals surface area (Å²) in [6.45, 7) is 6.64. The van der Waals surface area contributed by atoms with Crippen LogP contribution in [0, 0.1) is 0 Å². The van der Waals surface area contributed by atoms with E-state index in [1.807, 2.05) is 12.1 Å². The van der Waals surface area contributed by atoms with E-state index >= 15 is 0 Å². The van der Waals surface area contributed by atoms with Crippen LogP contribution < -0.4 is 10.6 Å². The molecule has 0 spiro atoms. The molecule has 1 aromatic rings. The fourth-order valence-corrected chi connectivity index (χ4v) is 1.84. The van der Waals surface area contributed by atoms with Crippen LogP contribution in [0.4, 0.5) is 5.69 Å². The molecule has 0 aliphatic rings. The largest absolute Gasteiger partial charge is 0.385 e. The van der Waals surface area contributed by atoms with Crippen molar-refractivity contribution in [2.24, 2.45) is 0 Å². The first-order chi connectivity index (χ1) is 9.63. The smallest absolute Gasteiger partial charge is 0.225 e. The number of hydrogen-bond donors (Lipinski definition) is 2. The topological polar surface area (TPSA) is 50.4 Å². The molecule has 2 N–H and O–H groups in total. The molecule has 0 aliphatic heterocycles.